The third-order valence-corrected chi connectivity index (χ3v) is 4.91. The summed E-state index contributed by atoms with van der Waals surface area (Å²) in [5.41, 5.74) is 0.658. The quantitative estimate of drug-likeness (QED) is 0.566. The number of hydrogen-bond acceptors (Lipinski definition) is 5. The van der Waals surface area contributed by atoms with Crippen LogP contribution in [0.3, 0.4) is 0 Å². The number of furan rings is 1. The van der Waals surface area contributed by atoms with E-state index in [1.165, 1.54) is 22.5 Å². The molecule has 0 aliphatic carbocycles. The molecule has 3 rings (SSSR count). The molecule has 0 aliphatic heterocycles. The minimum atomic E-state index is -0.307. The molecule has 0 bridgehead atoms. The average molecular weight is 411 g/mol. The Morgan fingerprint density at radius 3 is 2.52 bits per heavy atom. The Hall–Kier alpha value is -3.39. The van der Waals surface area contributed by atoms with Gasteiger partial charge in [0.25, 0.3) is 5.91 Å². The number of hydrogen-bond donors (Lipinski definition) is 2. The zero-order valence-corrected chi connectivity index (χ0v) is 16.5. The van der Waals surface area contributed by atoms with Crippen LogP contribution in [-0.4, -0.2) is 35.7 Å². The lowest BCUT2D eigenvalue weighted by molar-refractivity contribution is -0.135. The topological polar surface area (TPSA) is 91.7 Å². The second-order valence-corrected chi connectivity index (χ2v) is 7.17. The first-order chi connectivity index (χ1) is 14.1. The molecule has 0 radical (unpaired) electrons. The molecule has 3 aromatic rings. The summed E-state index contributed by atoms with van der Waals surface area (Å²) in [5, 5.41) is 7.31. The first-order valence-electron chi connectivity index (χ1n) is 9.08. The highest BCUT2D eigenvalue weighted by atomic mass is 32.1. The number of benzene rings is 1. The van der Waals surface area contributed by atoms with Crippen molar-refractivity contribution in [2.24, 2.45) is 0 Å². The van der Waals surface area contributed by atoms with Crippen molar-refractivity contribution in [3.05, 3.63) is 76.9 Å². The van der Waals surface area contributed by atoms with Crippen LogP contribution >= 0.6 is 11.3 Å². The first-order valence-corrected chi connectivity index (χ1v) is 9.96. The van der Waals surface area contributed by atoms with Gasteiger partial charge in [-0.05, 0) is 35.7 Å². The van der Waals surface area contributed by atoms with Crippen molar-refractivity contribution < 1.29 is 18.8 Å². The number of nitrogens with one attached hydrogen (secondary N) is 2. The van der Waals surface area contributed by atoms with Crippen LogP contribution < -0.4 is 10.6 Å². The van der Waals surface area contributed by atoms with E-state index in [-0.39, 0.29) is 43.8 Å². The van der Waals surface area contributed by atoms with Gasteiger partial charge >= 0.3 is 0 Å². The molecule has 0 unspecified atom stereocenters. The van der Waals surface area contributed by atoms with Gasteiger partial charge < -0.3 is 20.0 Å². The van der Waals surface area contributed by atoms with E-state index < -0.39 is 0 Å². The SMILES string of the molecule is O=C(CN(Cc1ccco1)C(=O)CCNC(=O)c1cccs1)Nc1ccccc1. The zero-order valence-electron chi connectivity index (χ0n) is 15.7. The van der Waals surface area contributed by atoms with Crippen LogP contribution in [0.4, 0.5) is 5.69 Å². The Morgan fingerprint density at radius 2 is 1.83 bits per heavy atom. The summed E-state index contributed by atoms with van der Waals surface area (Å²) in [7, 11) is 0. The second-order valence-electron chi connectivity index (χ2n) is 6.23. The Bertz CT molecular complexity index is 924. The van der Waals surface area contributed by atoms with Gasteiger partial charge in [-0.3, -0.25) is 14.4 Å². The standard InChI is InChI=1S/C21H21N3O4S/c25-19(23-16-6-2-1-3-7-16)15-24(14-17-8-4-12-28-17)20(26)10-11-22-21(27)18-9-5-13-29-18/h1-9,12-13H,10-11,14-15H2,(H,22,27)(H,23,25). The van der Waals surface area contributed by atoms with Gasteiger partial charge in [0.05, 0.1) is 17.7 Å². The van der Waals surface area contributed by atoms with Crippen LogP contribution in [0.15, 0.2) is 70.7 Å². The molecule has 0 saturated heterocycles. The number of amides is 3. The van der Waals surface area contributed by atoms with Crippen LogP contribution in [0.5, 0.6) is 0 Å². The van der Waals surface area contributed by atoms with Gasteiger partial charge in [0.1, 0.15) is 12.3 Å². The predicted octanol–water partition coefficient (Wildman–Crippen LogP) is 3.13. The maximum absolute atomic E-state index is 12.7. The van der Waals surface area contributed by atoms with Crippen molar-refractivity contribution >= 4 is 34.7 Å². The molecule has 2 N–H and O–H groups in total. The van der Waals surface area contributed by atoms with Crippen molar-refractivity contribution in [1.82, 2.24) is 10.2 Å². The number of anilines is 1. The molecule has 8 heteroatoms. The fourth-order valence-corrected chi connectivity index (χ4v) is 3.29. The van der Waals surface area contributed by atoms with E-state index in [1.807, 2.05) is 23.6 Å². The molecule has 29 heavy (non-hydrogen) atoms. The maximum atomic E-state index is 12.7. The fraction of sp³-hybridized carbons (Fsp3) is 0.190. The average Bonchev–Trinajstić information content (AvgIpc) is 3.42. The summed E-state index contributed by atoms with van der Waals surface area (Å²) in [6.45, 7) is 0.241. The van der Waals surface area contributed by atoms with E-state index in [9.17, 15) is 14.4 Å². The number of rotatable bonds is 9. The molecule has 150 valence electrons. The minimum absolute atomic E-state index is 0.0798. The van der Waals surface area contributed by atoms with Crippen LogP contribution in [0, 0.1) is 0 Å². The highest BCUT2D eigenvalue weighted by Crippen LogP contribution is 2.10. The van der Waals surface area contributed by atoms with E-state index in [0.29, 0.717) is 16.3 Å². The van der Waals surface area contributed by atoms with E-state index in [2.05, 4.69) is 10.6 Å². The molecular formula is C21H21N3O4S. The van der Waals surface area contributed by atoms with E-state index in [0.717, 1.165) is 0 Å². The summed E-state index contributed by atoms with van der Waals surface area (Å²) in [5.74, 6) is -0.199. The van der Waals surface area contributed by atoms with Gasteiger partial charge in [-0.15, -0.1) is 11.3 Å². The summed E-state index contributed by atoms with van der Waals surface area (Å²) in [6.07, 6.45) is 1.60. The minimum Gasteiger partial charge on any atom is -0.467 e. The first kappa shape index (κ1) is 20.3. The van der Waals surface area contributed by atoms with Crippen molar-refractivity contribution in [3.8, 4) is 0 Å². The lowest BCUT2D eigenvalue weighted by Gasteiger charge is -2.21. The molecule has 1 aromatic carbocycles. The smallest absolute Gasteiger partial charge is 0.261 e. The van der Waals surface area contributed by atoms with Crippen LogP contribution in [0.2, 0.25) is 0 Å². The van der Waals surface area contributed by atoms with E-state index in [1.54, 1.807) is 36.4 Å². The predicted molar refractivity (Wildman–Crippen MR) is 110 cm³/mol. The summed E-state index contributed by atoms with van der Waals surface area (Å²) in [4.78, 5) is 39.1. The monoisotopic (exact) mass is 411 g/mol. The zero-order chi connectivity index (χ0) is 20.5. The van der Waals surface area contributed by atoms with Gasteiger partial charge in [-0.2, -0.15) is 0 Å². The number of carbonyl (C=O) groups excluding carboxylic acids is 3. The number of carbonyl (C=O) groups is 3. The second kappa shape index (κ2) is 10.2. The molecule has 0 atom stereocenters. The van der Waals surface area contributed by atoms with Crippen molar-refractivity contribution in [2.75, 3.05) is 18.4 Å². The number of para-hydroxylation sites is 1. The molecule has 0 aliphatic rings. The molecule has 0 spiro atoms. The number of thiophene rings is 1. The van der Waals surface area contributed by atoms with Crippen molar-refractivity contribution in [3.63, 3.8) is 0 Å². The van der Waals surface area contributed by atoms with E-state index in [4.69, 9.17) is 4.42 Å². The normalized spacial score (nSPS) is 10.3. The molecule has 0 fully saturated rings. The third-order valence-electron chi connectivity index (χ3n) is 4.04. The van der Waals surface area contributed by atoms with Gasteiger partial charge in [0.2, 0.25) is 11.8 Å². The van der Waals surface area contributed by atoms with E-state index >= 15 is 0 Å². The van der Waals surface area contributed by atoms with Crippen molar-refractivity contribution in [2.45, 2.75) is 13.0 Å². The van der Waals surface area contributed by atoms with Crippen molar-refractivity contribution in [1.29, 1.82) is 0 Å². The summed E-state index contributed by atoms with van der Waals surface area (Å²) in [6, 6.07) is 16.0. The summed E-state index contributed by atoms with van der Waals surface area (Å²) >= 11 is 1.34. The van der Waals surface area contributed by atoms with Gasteiger partial charge in [0, 0.05) is 18.7 Å². The highest BCUT2D eigenvalue weighted by Gasteiger charge is 2.19. The van der Waals surface area contributed by atoms with Gasteiger partial charge in [0.15, 0.2) is 0 Å². The Morgan fingerprint density at radius 1 is 1.00 bits per heavy atom. The van der Waals surface area contributed by atoms with Gasteiger partial charge in [-0.25, -0.2) is 0 Å². The lowest BCUT2D eigenvalue weighted by Crippen LogP contribution is -2.39. The molecule has 7 nitrogen and oxygen atoms in total. The largest absolute Gasteiger partial charge is 0.467 e. The molecule has 2 heterocycles. The highest BCUT2D eigenvalue weighted by molar-refractivity contribution is 7.12. The maximum Gasteiger partial charge on any atom is 0.261 e. The lowest BCUT2D eigenvalue weighted by atomic mass is 10.3. The van der Waals surface area contributed by atoms with Crippen LogP contribution in [0.1, 0.15) is 21.9 Å². The molecular weight excluding hydrogens is 390 g/mol. The van der Waals surface area contributed by atoms with Crippen LogP contribution in [0.25, 0.3) is 0 Å². The summed E-state index contributed by atoms with van der Waals surface area (Å²) < 4.78 is 5.31. The number of nitrogens with zero attached hydrogens (tertiary/aromatic N) is 1. The fourth-order valence-electron chi connectivity index (χ4n) is 2.65. The Balaban J connectivity index is 1.56. The molecule has 2 aromatic heterocycles. The Labute approximate surface area is 172 Å². The molecule has 0 saturated carbocycles. The third kappa shape index (κ3) is 6.32. The van der Waals surface area contributed by atoms with Crippen LogP contribution in [-0.2, 0) is 16.1 Å². The Kier molecular flexibility index (Phi) is 7.18. The van der Waals surface area contributed by atoms with Gasteiger partial charge in [-0.1, -0.05) is 24.3 Å². The molecule has 3 amide bonds.